The van der Waals surface area contributed by atoms with Crippen molar-refractivity contribution in [3.63, 3.8) is 0 Å². The molecule has 0 bridgehead atoms. The van der Waals surface area contributed by atoms with Gasteiger partial charge in [-0.05, 0) is 53.3 Å². The predicted octanol–water partition coefficient (Wildman–Crippen LogP) is 2.92. The molecular weight excluding hydrogens is 339 g/mol. The van der Waals surface area contributed by atoms with Crippen molar-refractivity contribution in [1.29, 1.82) is 0 Å². The Balaban J connectivity index is 2.36. The lowest BCUT2D eigenvalue weighted by Gasteiger charge is -2.07. The van der Waals surface area contributed by atoms with Gasteiger partial charge in [-0.2, -0.15) is 0 Å². The first-order valence-electron chi connectivity index (χ1n) is 5.52. The van der Waals surface area contributed by atoms with E-state index in [9.17, 15) is 0 Å². The maximum atomic E-state index is 6.01. The van der Waals surface area contributed by atoms with Gasteiger partial charge in [0.2, 0.25) is 5.95 Å². The Hall–Kier alpha value is -1.63. The monoisotopic (exact) mass is 350 g/mol. The molecule has 0 aliphatic heterocycles. The van der Waals surface area contributed by atoms with E-state index >= 15 is 0 Å². The fourth-order valence-corrected chi connectivity index (χ4v) is 2.58. The summed E-state index contributed by atoms with van der Waals surface area (Å²) in [6, 6.07) is 10.0. The number of hydrogen-bond acceptors (Lipinski definition) is 3. The number of aryl methyl sites for hydroxylation is 1. The van der Waals surface area contributed by atoms with E-state index in [4.69, 9.17) is 5.73 Å². The van der Waals surface area contributed by atoms with Crippen LogP contribution < -0.4 is 5.73 Å². The van der Waals surface area contributed by atoms with Crippen LogP contribution in [0.2, 0.25) is 0 Å². The SMILES string of the molecule is Cc1cnc2c(c1)nc(N)n2-c1ccccc1I. The summed E-state index contributed by atoms with van der Waals surface area (Å²) < 4.78 is 3.00. The van der Waals surface area contributed by atoms with Crippen LogP contribution in [0.15, 0.2) is 36.5 Å². The number of rotatable bonds is 1. The van der Waals surface area contributed by atoms with Crippen LogP contribution in [0.1, 0.15) is 5.56 Å². The standard InChI is InChI=1S/C13H11IN4/c1-8-6-10-12(16-7-8)18(13(15)17-10)11-5-3-2-4-9(11)14/h2-7H,1H3,(H2,15,17). The topological polar surface area (TPSA) is 56.7 Å². The van der Waals surface area contributed by atoms with Gasteiger partial charge in [-0.1, -0.05) is 12.1 Å². The third kappa shape index (κ3) is 1.74. The molecule has 0 amide bonds. The maximum absolute atomic E-state index is 6.01. The number of anilines is 1. The number of fused-ring (bicyclic) bond motifs is 1. The first-order valence-corrected chi connectivity index (χ1v) is 6.60. The van der Waals surface area contributed by atoms with E-state index in [-0.39, 0.29) is 0 Å². The van der Waals surface area contributed by atoms with Crippen molar-refractivity contribution in [3.8, 4) is 5.69 Å². The van der Waals surface area contributed by atoms with Crippen molar-refractivity contribution >= 4 is 39.7 Å². The minimum absolute atomic E-state index is 0.465. The number of hydrogen-bond donors (Lipinski definition) is 1. The third-order valence-electron chi connectivity index (χ3n) is 2.75. The average Bonchev–Trinajstić information content (AvgIpc) is 2.65. The zero-order valence-electron chi connectivity index (χ0n) is 9.76. The molecule has 3 rings (SSSR count). The van der Waals surface area contributed by atoms with Gasteiger partial charge in [-0.25, -0.2) is 9.97 Å². The van der Waals surface area contributed by atoms with E-state index in [1.807, 2.05) is 48.0 Å². The van der Waals surface area contributed by atoms with Crippen molar-refractivity contribution < 1.29 is 0 Å². The number of aromatic nitrogens is 3. The van der Waals surface area contributed by atoms with Crippen LogP contribution in [-0.4, -0.2) is 14.5 Å². The van der Waals surface area contributed by atoms with Crippen LogP contribution in [0.25, 0.3) is 16.9 Å². The highest BCUT2D eigenvalue weighted by molar-refractivity contribution is 14.1. The van der Waals surface area contributed by atoms with E-state index in [2.05, 4.69) is 32.6 Å². The zero-order chi connectivity index (χ0) is 12.7. The number of nitrogen functional groups attached to an aromatic ring is 1. The summed E-state index contributed by atoms with van der Waals surface area (Å²) in [4.78, 5) is 8.80. The predicted molar refractivity (Wildman–Crippen MR) is 80.7 cm³/mol. The molecule has 90 valence electrons. The van der Waals surface area contributed by atoms with Crippen molar-refractivity contribution in [2.45, 2.75) is 6.92 Å². The fourth-order valence-electron chi connectivity index (χ4n) is 1.95. The molecule has 2 aromatic heterocycles. The minimum Gasteiger partial charge on any atom is -0.369 e. The third-order valence-corrected chi connectivity index (χ3v) is 3.67. The highest BCUT2D eigenvalue weighted by atomic mass is 127. The van der Waals surface area contributed by atoms with E-state index in [0.717, 1.165) is 26.0 Å². The normalized spacial score (nSPS) is 11.0. The number of pyridine rings is 1. The van der Waals surface area contributed by atoms with Crippen molar-refractivity contribution in [3.05, 3.63) is 45.7 Å². The second-order valence-corrected chi connectivity index (χ2v) is 5.27. The average molecular weight is 350 g/mol. The van der Waals surface area contributed by atoms with Gasteiger partial charge in [-0.15, -0.1) is 0 Å². The second kappa shape index (κ2) is 4.24. The van der Waals surface area contributed by atoms with E-state index in [0.29, 0.717) is 5.95 Å². The van der Waals surface area contributed by atoms with Gasteiger partial charge in [0.1, 0.15) is 5.52 Å². The summed E-state index contributed by atoms with van der Waals surface area (Å²) in [5, 5.41) is 0. The lowest BCUT2D eigenvalue weighted by Crippen LogP contribution is -2.03. The van der Waals surface area contributed by atoms with Crippen LogP contribution >= 0.6 is 22.6 Å². The smallest absolute Gasteiger partial charge is 0.207 e. The molecule has 4 nitrogen and oxygen atoms in total. The molecule has 0 aliphatic rings. The Morgan fingerprint density at radius 1 is 1.28 bits per heavy atom. The van der Waals surface area contributed by atoms with Gasteiger partial charge < -0.3 is 5.73 Å². The van der Waals surface area contributed by atoms with Gasteiger partial charge in [-0.3, -0.25) is 4.57 Å². The highest BCUT2D eigenvalue weighted by Gasteiger charge is 2.12. The van der Waals surface area contributed by atoms with Crippen LogP contribution in [-0.2, 0) is 0 Å². The molecule has 0 fully saturated rings. The Labute approximate surface area is 118 Å². The van der Waals surface area contributed by atoms with E-state index in [1.54, 1.807) is 0 Å². The Kier molecular flexibility index (Phi) is 2.70. The van der Waals surface area contributed by atoms with Crippen LogP contribution in [0, 0.1) is 10.5 Å². The number of imidazole rings is 1. The Bertz CT molecular complexity index is 733. The summed E-state index contributed by atoms with van der Waals surface area (Å²) in [7, 11) is 0. The van der Waals surface area contributed by atoms with Gasteiger partial charge in [0, 0.05) is 9.77 Å². The quantitative estimate of drug-likeness (QED) is 0.687. The lowest BCUT2D eigenvalue weighted by atomic mass is 10.3. The molecule has 3 aromatic rings. The molecule has 0 saturated carbocycles. The van der Waals surface area contributed by atoms with Gasteiger partial charge >= 0.3 is 0 Å². The first kappa shape index (κ1) is 11.5. The molecule has 0 saturated heterocycles. The summed E-state index contributed by atoms with van der Waals surface area (Å²) >= 11 is 2.29. The number of halogens is 1. The van der Waals surface area contributed by atoms with Gasteiger partial charge in [0.15, 0.2) is 5.65 Å². The minimum atomic E-state index is 0.465. The molecule has 2 heterocycles. The number of benzene rings is 1. The number of nitrogens with zero attached hydrogens (tertiary/aromatic N) is 3. The molecule has 1 aromatic carbocycles. The van der Waals surface area contributed by atoms with Crippen LogP contribution in [0.5, 0.6) is 0 Å². The summed E-state index contributed by atoms with van der Waals surface area (Å²) in [5.74, 6) is 0.465. The number of nitrogens with two attached hydrogens (primary N) is 1. The number of para-hydroxylation sites is 1. The molecule has 0 spiro atoms. The fraction of sp³-hybridized carbons (Fsp3) is 0.0769. The largest absolute Gasteiger partial charge is 0.369 e. The maximum Gasteiger partial charge on any atom is 0.207 e. The highest BCUT2D eigenvalue weighted by Crippen LogP contribution is 2.25. The molecule has 2 N–H and O–H groups in total. The van der Waals surface area contributed by atoms with Crippen molar-refractivity contribution in [1.82, 2.24) is 14.5 Å². The van der Waals surface area contributed by atoms with E-state index < -0.39 is 0 Å². The van der Waals surface area contributed by atoms with Crippen molar-refractivity contribution in [2.75, 3.05) is 5.73 Å². The van der Waals surface area contributed by atoms with Crippen molar-refractivity contribution in [2.24, 2.45) is 0 Å². The summed E-state index contributed by atoms with van der Waals surface area (Å²) in [6.07, 6.45) is 1.83. The van der Waals surface area contributed by atoms with Gasteiger partial charge in [0.05, 0.1) is 5.69 Å². The Morgan fingerprint density at radius 2 is 2.06 bits per heavy atom. The van der Waals surface area contributed by atoms with Gasteiger partial charge in [0.25, 0.3) is 0 Å². The lowest BCUT2D eigenvalue weighted by molar-refractivity contribution is 1.07. The molecular formula is C13H11IN4. The molecule has 0 radical (unpaired) electrons. The summed E-state index contributed by atoms with van der Waals surface area (Å²) in [6.45, 7) is 1.99. The first-order chi connectivity index (χ1) is 8.66. The molecule has 0 atom stereocenters. The van der Waals surface area contributed by atoms with Crippen LogP contribution in [0.3, 0.4) is 0 Å². The summed E-state index contributed by atoms with van der Waals surface area (Å²) in [5.41, 5.74) is 9.72. The molecule has 18 heavy (non-hydrogen) atoms. The van der Waals surface area contributed by atoms with E-state index in [1.165, 1.54) is 0 Å². The molecule has 0 aliphatic carbocycles. The Morgan fingerprint density at radius 3 is 2.83 bits per heavy atom. The molecule has 5 heteroatoms. The van der Waals surface area contributed by atoms with Crippen LogP contribution in [0.4, 0.5) is 5.95 Å². The zero-order valence-corrected chi connectivity index (χ0v) is 11.9. The second-order valence-electron chi connectivity index (χ2n) is 4.11. The molecule has 0 unspecified atom stereocenters.